The van der Waals surface area contributed by atoms with Crippen molar-refractivity contribution in [1.82, 2.24) is 29.9 Å². The van der Waals surface area contributed by atoms with Crippen LogP contribution in [0.15, 0.2) is 110 Å². The molecule has 0 aliphatic carbocycles. The molecule has 0 unspecified atom stereocenters. The molecule has 4 heterocycles. The van der Waals surface area contributed by atoms with Crippen molar-refractivity contribution >= 4 is 0 Å². The van der Waals surface area contributed by atoms with Crippen molar-refractivity contribution in [3.05, 3.63) is 143 Å². The molecule has 0 spiro atoms. The highest BCUT2D eigenvalue weighted by atomic mass is 15.0. The maximum absolute atomic E-state index is 5.13. The first-order valence-corrected chi connectivity index (χ1v) is 16.1. The van der Waals surface area contributed by atoms with Crippen LogP contribution in [0.5, 0.6) is 0 Å². The molecule has 0 amide bonds. The van der Waals surface area contributed by atoms with Gasteiger partial charge in [-0.2, -0.15) is 0 Å². The van der Waals surface area contributed by atoms with E-state index >= 15 is 0 Å². The van der Waals surface area contributed by atoms with Crippen molar-refractivity contribution < 1.29 is 0 Å². The topological polar surface area (TPSA) is 77.3 Å². The van der Waals surface area contributed by atoms with Crippen molar-refractivity contribution in [2.24, 2.45) is 0 Å². The number of nitrogens with zero attached hydrogens (tertiary/aromatic N) is 6. The average Bonchev–Trinajstić information content (AvgIpc) is 3.08. The van der Waals surface area contributed by atoms with E-state index in [1.807, 2.05) is 37.2 Å². The number of hydrogen-bond donors (Lipinski definition) is 0. The standard InChI is InChI=1S/C42H36N6/c1-25-19-34(20-26(2)37(25)31-7-13-43-14-8-31)40-46-41(35-21-27(3)38(28(4)22-35)32-9-15-44-16-10-32)48-42(47-40)36-23-29(5)39(30(6)24-36)33-11-17-45-18-12-33/h7-24H,1-6H3. The summed E-state index contributed by atoms with van der Waals surface area (Å²) in [5.41, 5.74) is 16.8. The van der Waals surface area contributed by atoms with Gasteiger partial charge in [-0.25, -0.2) is 15.0 Å². The van der Waals surface area contributed by atoms with Crippen LogP contribution < -0.4 is 0 Å². The summed E-state index contributed by atoms with van der Waals surface area (Å²) in [7, 11) is 0. The molecule has 0 aliphatic rings. The summed E-state index contributed by atoms with van der Waals surface area (Å²) in [6.07, 6.45) is 11.0. The fraction of sp³-hybridized carbons (Fsp3) is 0.143. The second kappa shape index (κ2) is 12.7. The van der Waals surface area contributed by atoms with Crippen molar-refractivity contribution in [2.75, 3.05) is 0 Å². The Morgan fingerprint density at radius 3 is 0.708 bits per heavy atom. The Morgan fingerprint density at radius 2 is 0.500 bits per heavy atom. The van der Waals surface area contributed by atoms with E-state index < -0.39 is 0 Å². The third kappa shape index (κ3) is 5.89. The third-order valence-electron chi connectivity index (χ3n) is 8.92. The van der Waals surface area contributed by atoms with E-state index in [1.165, 1.54) is 16.7 Å². The van der Waals surface area contributed by atoms with E-state index in [1.54, 1.807) is 0 Å². The molecule has 0 fully saturated rings. The van der Waals surface area contributed by atoms with Gasteiger partial charge >= 0.3 is 0 Å². The van der Waals surface area contributed by atoms with Gasteiger partial charge in [-0.15, -0.1) is 0 Å². The fourth-order valence-electron chi connectivity index (χ4n) is 6.96. The van der Waals surface area contributed by atoms with E-state index in [0.29, 0.717) is 17.5 Å². The number of benzene rings is 3. The van der Waals surface area contributed by atoms with E-state index in [2.05, 4.69) is 129 Å². The van der Waals surface area contributed by atoms with E-state index in [4.69, 9.17) is 15.0 Å². The minimum atomic E-state index is 0.643. The summed E-state index contributed by atoms with van der Waals surface area (Å²) in [6.45, 7) is 12.9. The average molecular weight is 625 g/mol. The first-order chi connectivity index (χ1) is 23.3. The Labute approximate surface area is 281 Å². The highest BCUT2D eigenvalue weighted by Crippen LogP contribution is 2.36. The zero-order valence-corrected chi connectivity index (χ0v) is 28.1. The van der Waals surface area contributed by atoms with Crippen LogP contribution in [0.3, 0.4) is 0 Å². The maximum Gasteiger partial charge on any atom is 0.164 e. The zero-order chi connectivity index (χ0) is 33.4. The largest absolute Gasteiger partial charge is 0.265 e. The molecule has 0 aliphatic heterocycles. The van der Waals surface area contributed by atoms with Crippen LogP contribution in [0.4, 0.5) is 0 Å². The minimum absolute atomic E-state index is 0.643. The van der Waals surface area contributed by atoms with Gasteiger partial charge in [0.15, 0.2) is 17.5 Å². The van der Waals surface area contributed by atoms with Crippen molar-refractivity contribution in [2.45, 2.75) is 41.5 Å². The number of rotatable bonds is 6. The summed E-state index contributed by atoms with van der Waals surface area (Å²) in [5, 5.41) is 0. The first-order valence-electron chi connectivity index (χ1n) is 16.1. The molecule has 7 aromatic rings. The second-order valence-corrected chi connectivity index (χ2v) is 12.5. The molecule has 0 bridgehead atoms. The molecule has 3 aromatic carbocycles. The molecular formula is C42H36N6. The van der Waals surface area contributed by atoms with Gasteiger partial charge in [0.1, 0.15) is 0 Å². The lowest BCUT2D eigenvalue weighted by Gasteiger charge is -2.16. The Kier molecular flexibility index (Phi) is 8.15. The summed E-state index contributed by atoms with van der Waals surface area (Å²) >= 11 is 0. The molecular weight excluding hydrogens is 589 g/mol. The third-order valence-corrected chi connectivity index (χ3v) is 8.92. The van der Waals surface area contributed by atoms with Crippen molar-refractivity contribution in [3.8, 4) is 67.5 Å². The van der Waals surface area contributed by atoms with Crippen LogP contribution >= 0.6 is 0 Å². The van der Waals surface area contributed by atoms with E-state index in [9.17, 15) is 0 Å². The van der Waals surface area contributed by atoms with Crippen LogP contribution in [-0.2, 0) is 0 Å². The van der Waals surface area contributed by atoms with Gasteiger partial charge in [-0.05, 0) is 181 Å². The first kappa shape index (κ1) is 30.8. The molecule has 48 heavy (non-hydrogen) atoms. The molecule has 234 valence electrons. The van der Waals surface area contributed by atoms with Crippen LogP contribution in [0.25, 0.3) is 67.5 Å². The molecule has 0 saturated heterocycles. The van der Waals surface area contributed by atoms with Crippen LogP contribution in [-0.4, -0.2) is 29.9 Å². The Morgan fingerprint density at radius 1 is 0.292 bits per heavy atom. The minimum Gasteiger partial charge on any atom is -0.265 e. The predicted molar refractivity (Wildman–Crippen MR) is 194 cm³/mol. The normalized spacial score (nSPS) is 11.1. The SMILES string of the molecule is Cc1cc(-c2nc(-c3cc(C)c(-c4ccncc4)c(C)c3)nc(-c3cc(C)c(-c4ccncc4)c(C)c3)n2)cc(C)c1-c1ccncc1. The zero-order valence-electron chi connectivity index (χ0n) is 28.1. The second-order valence-electron chi connectivity index (χ2n) is 12.5. The lowest BCUT2D eigenvalue weighted by molar-refractivity contribution is 1.07. The monoisotopic (exact) mass is 624 g/mol. The molecule has 0 N–H and O–H groups in total. The van der Waals surface area contributed by atoms with Gasteiger partial charge < -0.3 is 0 Å². The van der Waals surface area contributed by atoms with Gasteiger partial charge in [0.05, 0.1) is 0 Å². The highest BCUT2D eigenvalue weighted by molar-refractivity contribution is 5.79. The van der Waals surface area contributed by atoms with Gasteiger partial charge in [0, 0.05) is 53.9 Å². The summed E-state index contributed by atoms with van der Waals surface area (Å²) in [4.78, 5) is 28.0. The Hall–Kier alpha value is -5.88. The van der Waals surface area contributed by atoms with Gasteiger partial charge in [0.25, 0.3) is 0 Å². The number of hydrogen-bond acceptors (Lipinski definition) is 6. The molecule has 4 aromatic heterocycles. The number of pyridine rings is 3. The predicted octanol–water partition coefficient (Wildman–Crippen LogP) is 9.91. The molecule has 0 saturated carbocycles. The summed E-state index contributed by atoms with van der Waals surface area (Å²) in [6, 6.07) is 25.4. The van der Waals surface area contributed by atoms with Crippen LogP contribution in [0, 0.1) is 41.5 Å². The lowest BCUT2D eigenvalue weighted by Crippen LogP contribution is -2.03. The maximum atomic E-state index is 5.13. The highest BCUT2D eigenvalue weighted by Gasteiger charge is 2.18. The summed E-state index contributed by atoms with van der Waals surface area (Å²) < 4.78 is 0. The Balaban J connectivity index is 1.41. The smallest absolute Gasteiger partial charge is 0.164 e. The molecule has 6 nitrogen and oxygen atoms in total. The molecule has 0 atom stereocenters. The number of aromatic nitrogens is 6. The fourth-order valence-corrected chi connectivity index (χ4v) is 6.96. The molecule has 0 radical (unpaired) electrons. The quantitative estimate of drug-likeness (QED) is 0.183. The van der Waals surface area contributed by atoms with Crippen molar-refractivity contribution in [3.63, 3.8) is 0 Å². The Bertz CT molecular complexity index is 1940. The van der Waals surface area contributed by atoms with E-state index in [-0.39, 0.29) is 0 Å². The lowest BCUT2D eigenvalue weighted by atomic mass is 9.93. The van der Waals surface area contributed by atoms with E-state index in [0.717, 1.165) is 66.8 Å². The van der Waals surface area contributed by atoms with Crippen LogP contribution in [0.1, 0.15) is 33.4 Å². The van der Waals surface area contributed by atoms with Crippen molar-refractivity contribution in [1.29, 1.82) is 0 Å². The summed E-state index contributed by atoms with van der Waals surface area (Å²) in [5.74, 6) is 1.93. The molecule has 7 rings (SSSR count). The van der Waals surface area contributed by atoms with Crippen LogP contribution in [0.2, 0.25) is 0 Å². The number of aryl methyl sites for hydroxylation is 6. The van der Waals surface area contributed by atoms with Gasteiger partial charge in [-0.3, -0.25) is 15.0 Å². The molecule has 6 heteroatoms. The van der Waals surface area contributed by atoms with Gasteiger partial charge in [-0.1, -0.05) is 0 Å². The van der Waals surface area contributed by atoms with Gasteiger partial charge in [0.2, 0.25) is 0 Å².